The van der Waals surface area contributed by atoms with Gasteiger partial charge in [0.15, 0.2) is 0 Å². The lowest BCUT2D eigenvalue weighted by molar-refractivity contribution is 0.229. The second kappa shape index (κ2) is 17.8. The summed E-state index contributed by atoms with van der Waals surface area (Å²) in [5.41, 5.74) is 0. The first-order valence-corrected chi connectivity index (χ1v) is 9.31. The molecule has 0 saturated heterocycles. The first-order chi connectivity index (χ1) is 9.31. The number of hydrogen-bond donors (Lipinski definition) is 0. The van der Waals surface area contributed by atoms with Crippen molar-refractivity contribution in [2.24, 2.45) is 23.7 Å². The Morgan fingerprint density at radius 2 is 0.708 bits per heavy atom. The first-order valence-electron chi connectivity index (χ1n) is 9.31. The van der Waals surface area contributed by atoms with Gasteiger partial charge in [0, 0.05) is 0 Å². The average Bonchev–Trinajstić information content (AvgIpc) is 2.49. The fourth-order valence-corrected chi connectivity index (χ4v) is 4.55. The van der Waals surface area contributed by atoms with E-state index in [-0.39, 0.29) is 37.1 Å². The summed E-state index contributed by atoms with van der Waals surface area (Å²) < 4.78 is 0. The maximum absolute atomic E-state index is 2.37. The van der Waals surface area contributed by atoms with E-state index in [1.165, 1.54) is 44.9 Å². The molecule has 0 unspecified atom stereocenters. The third-order valence-corrected chi connectivity index (χ3v) is 6.31. The highest BCUT2D eigenvalue weighted by atomic mass is 14.3. The van der Waals surface area contributed by atoms with Gasteiger partial charge >= 0.3 is 0 Å². The molecule has 2 saturated carbocycles. The molecule has 0 heteroatoms. The van der Waals surface area contributed by atoms with Gasteiger partial charge in [0.05, 0.1) is 0 Å². The van der Waals surface area contributed by atoms with Crippen LogP contribution in [0.4, 0.5) is 0 Å². The molecule has 0 atom stereocenters. The van der Waals surface area contributed by atoms with Crippen LogP contribution in [0.5, 0.6) is 0 Å². The monoisotopic (exact) mass is 344 g/mol. The molecule has 2 aliphatic carbocycles. The summed E-state index contributed by atoms with van der Waals surface area (Å²) in [5, 5.41) is 0. The van der Waals surface area contributed by atoms with E-state index < -0.39 is 0 Å². The molecule has 0 spiro atoms. The topological polar surface area (TPSA) is 0 Å². The van der Waals surface area contributed by atoms with E-state index in [2.05, 4.69) is 13.8 Å². The van der Waals surface area contributed by atoms with E-state index in [1.54, 1.807) is 38.5 Å². The van der Waals surface area contributed by atoms with Crippen molar-refractivity contribution < 1.29 is 0 Å². The Bertz CT molecular complexity index is 192. The van der Waals surface area contributed by atoms with E-state index in [0.29, 0.717) is 0 Å². The second-order valence-corrected chi connectivity index (χ2v) is 7.52. The summed E-state index contributed by atoms with van der Waals surface area (Å²) in [7, 11) is 0. The van der Waals surface area contributed by atoms with Gasteiger partial charge in [-0.3, -0.25) is 0 Å². The third kappa shape index (κ3) is 10.8. The summed E-state index contributed by atoms with van der Waals surface area (Å²) in [6, 6.07) is 0. The molecule has 0 amide bonds. The Kier molecular flexibility index (Phi) is 23.6. The minimum absolute atomic E-state index is 0. The Labute approximate surface area is 158 Å². The van der Waals surface area contributed by atoms with Crippen LogP contribution in [0.3, 0.4) is 0 Å². The van der Waals surface area contributed by atoms with E-state index in [0.717, 1.165) is 23.7 Å². The zero-order valence-corrected chi connectivity index (χ0v) is 13.5. The van der Waals surface area contributed by atoms with Gasteiger partial charge in [-0.2, -0.15) is 0 Å². The molecule has 0 N–H and O–H groups in total. The fraction of sp³-hybridized carbons (Fsp3) is 1.00. The van der Waals surface area contributed by atoms with Crippen LogP contribution in [-0.2, 0) is 0 Å². The summed E-state index contributed by atoms with van der Waals surface area (Å²) in [6.07, 6.45) is 19.8. The van der Waals surface area contributed by atoms with E-state index in [9.17, 15) is 0 Å². The molecular formula is C24H56. The summed E-state index contributed by atoms with van der Waals surface area (Å²) >= 11 is 0. The molecule has 0 aromatic rings. The molecule has 2 fully saturated rings. The van der Waals surface area contributed by atoms with E-state index in [1.807, 2.05) is 0 Å². The van der Waals surface area contributed by atoms with Crippen molar-refractivity contribution in [3.63, 3.8) is 0 Å². The zero-order chi connectivity index (χ0) is 13.5. The molecule has 0 radical (unpaired) electrons. The highest BCUT2D eigenvalue weighted by molar-refractivity contribution is 4.74. The molecular weight excluding hydrogens is 288 g/mol. The van der Waals surface area contributed by atoms with Gasteiger partial charge in [-0.25, -0.2) is 0 Å². The van der Waals surface area contributed by atoms with Gasteiger partial charge in [0.1, 0.15) is 0 Å². The standard InChI is InChI=1S/C19H36.5CH4/c1-3-16-8-12-18(13-9-16)6-5-7-19-14-10-17(4-2)11-15-19;;;;;/h16-19H,3-15H2,1-2H3;5*1H4. The fourth-order valence-electron chi connectivity index (χ4n) is 4.55. The summed E-state index contributed by atoms with van der Waals surface area (Å²) in [6.45, 7) is 4.75. The smallest absolute Gasteiger partial charge is 0.0414 e. The Hall–Kier alpha value is 0. The van der Waals surface area contributed by atoms with Crippen molar-refractivity contribution in [2.75, 3.05) is 0 Å². The molecule has 2 rings (SSSR count). The zero-order valence-electron chi connectivity index (χ0n) is 13.5. The average molecular weight is 345 g/mol. The van der Waals surface area contributed by atoms with Crippen molar-refractivity contribution in [1.29, 1.82) is 0 Å². The molecule has 0 nitrogen and oxygen atoms in total. The van der Waals surface area contributed by atoms with Crippen LogP contribution in [0.2, 0.25) is 0 Å². The maximum atomic E-state index is 2.37. The second-order valence-electron chi connectivity index (χ2n) is 7.52. The van der Waals surface area contributed by atoms with Crippen molar-refractivity contribution in [2.45, 2.75) is 134 Å². The van der Waals surface area contributed by atoms with Crippen molar-refractivity contribution in [3.8, 4) is 0 Å². The van der Waals surface area contributed by atoms with Gasteiger partial charge in [0.25, 0.3) is 0 Å². The Morgan fingerprint density at radius 1 is 0.458 bits per heavy atom. The predicted molar refractivity (Wildman–Crippen MR) is 119 cm³/mol. The van der Waals surface area contributed by atoms with Crippen LogP contribution in [0.25, 0.3) is 0 Å². The summed E-state index contributed by atoms with van der Waals surface area (Å²) in [5.74, 6) is 4.32. The molecule has 24 heavy (non-hydrogen) atoms. The van der Waals surface area contributed by atoms with Crippen molar-refractivity contribution in [3.05, 3.63) is 0 Å². The number of rotatable bonds is 6. The van der Waals surface area contributed by atoms with E-state index >= 15 is 0 Å². The maximum Gasteiger partial charge on any atom is -0.0414 e. The van der Waals surface area contributed by atoms with Crippen LogP contribution in [0.15, 0.2) is 0 Å². The quantitative estimate of drug-likeness (QED) is 0.449. The molecule has 0 aliphatic heterocycles. The molecule has 152 valence electrons. The van der Waals surface area contributed by atoms with Crippen LogP contribution < -0.4 is 0 Å². The lowest BCUT2D eigenvalue weighted by Crippen LogP contribution is -2.16. The van der Waals surface area contributed by atoms with E-state index in [4.69, 9.17) is 0 Å². The normalized spacial score (nSPS) is 28.8. The largest absolute Gasteiger partial charge is 0.0776 e. The number of hydrogen-bond acceptors (Lipinski definition) is 0. The third-order valence-electron chi connectivity index (χ3n) is 6.31. The highest BCUT2D eigenvalue weighted by Crippen LogP contribution is 2.36. The van der Waals surface area contributed by atoms with Gasteiger partial charge in [0.2, 0.25) is 0 Å². The first kappa shape index (κ1) is 31.7. The van der Waals surface area contributed by atoms with Crippen LogP contribution in [0, 0.1) is 23.7 Å². The minimum Gasteiger partial charge on any atom is -0.0776 e. The molecule has 2 aliphatic rings. The van der Waals surface area contributed by atoms with Gasteiger partial charge < -0.3 is 0 Å². The Morgan fingerprint density at radius 3 is 0.958 bits per heavy atom. The highest BCUT2D eigenvalue weighted by Gasteiger charge is 2.22. The van der Waals surface area contributed by atoms with Crippen LogP contribution in [-0.4, -0.2) is 0 Å². The Balaban J connectivity index is -0.000000400. The van der Waals surface area contributed by atoms with Crippen LogP contribution in [0.1, 0.15) is 134 Å². The molecule has 0 aromatic carbocycles. The molecule has 0 heterocycles. The predicted octanol–water partition coefficient (Wildman–Crippen LogP) is 9.77. The van der Waals surface area contributed by atoms with Gasteiger partial charge in [-0.15, -0.1) is 0 Å². The molecule has 0 aromatic heterocycles. The summed E-state index contributed by atoms with van der Waals surface area (Å²) in [4.78, 5) is 0. The van der Waals surface area contributed by atoms with Crippen molar-refractivity contribution >= 4 is 0 Å². The van der Waals surface area contributed by atoms with Crippen molar-refractivity contribution in [1.82, 2.24) is 0 Å². The molecule has 0 bridgehead atoms. The van der Waals surface area contributed by atoms with Gasteiger partial charge in [-0.05, 0) is 23.7 Å². The lowest BCUT2D eigenvalue weighted by Gasteiger charge is -2.30. The van der Waals surface area contributed by atoms with Crippen LogP contribution >= 0.6 is 0 Å². The minimum atomic E-state index is 0. The lowest BCUT2D eigenvalue weighted by atomic mass is 9.76. The van der Waals surface area contributed by atoms with Gasteiger partial charge in [-0.1, -0.05) is 134 Å². The SMILES string of the molecule is C.C.C.C.C.CCC1CCC(CCCC2CCC(CC)CC2)CC1.